The van der Waals surface area contributed by atoms with Crippen LogP contribution in [0.1, 0.15) is 44.7 Å². The van der Waals surface area contributed by atoms with Gasteiger partial charge in [-0.3, -0.25) is 4.79 Å². The fourth-order valence-corrected chi connectivity index (χ4v) is 4.23. The monoisotopic (exact) mass is 535 g/mol. The molecule has 3 rings (SSSR count). The van der Waals surface area contributed by atoms with Gasteiger partial charge in [-0.25, -0.2) is 4.79 Å². The lowest BCUT2D eigenvalue weighted by molar-refractivity contribution is -0.713. The Morgan fingerprint density at radius 2 is 1.92 bits per heavy atom. The topological polar surface area (TPSA) is 124 Å². The van der Waals surface area contributed by atoms with Gasteiger partial charge in [-0.1, -0.05) is 32.4 Å². The number of hydrazine groups is 1. The Morgan fingerprint density at radius 1 is 1.28 bits per heavy atom. The molecule has 1 atom stereocenters. The number of carbonyl (C=O) groups is 2. The molecule has 1 fully saturated rings. The lowest BCUT2D eigenvalue weighted by atomic mass is 9.85. The molecule has 36 heavy (non-hydrogen) atoms. The predicted molar refractivity (Wildman–Crippen MR) is 119 cm³/mol. The van der Waals surface area contributed by atoms with Gasteiger partial charge in [0.2, 0.25) is 11.4 Å². The minimum absolute atomic E-state index is 0.0679. The molecule has 1 aromatic rings. The number of fused-ring (bicyclic) bond motifs is 1. The maximum atomic E-state index is 13.7. The average molecular weight is 536 g/mol. The molecular formula is C22H25ClF3N3O7. The van der Waals surface area contributed by atoms with Crippen LogP contribution in [0, 0.1) is 11.1 Å². The Morgan fingerprint density at radius 3 is 2.47 bits per heavy atom. The third kappa shape index (κ3) is 6.31. The third-order valence-electron chi connectivity index (χ3n) is 5.71. The molecule has 0 unspecified atom stereocenters. The van der Waals surface area contributed by atoms with Gasteiger partial charge in [0.05, 0.1) is 29.6 Å². The van der Waals surface area contributed by atoms with Gasteiger partial charge in [0.1, 0.15) is 5.75 Å². The molecule has 198 valence electrons. The Balaban J connectivity index is 1.68. The summed E-state index contributed by atoms with van der Waals surface area (Å²) < 4.78 is 51.0. The Labute approximate surface area is 209 Å². The van der Waals surface area contributed by atoms with Crippen LogP contribution in [-0.4, -0.2) is 59.2 Å². The largest absolute Gasteiger partial charge is 0.569 e. The molecule has 0 saturated carbocycles. The first kappa shape index (κ1) is 27.4. The Bertz CT molecular complexity index is 1080. The van der Waals surface area contributed by atoms with Gasteiger partial charge in [-0.05, 0) is 42.0 Å². The van der Waals surface area contributed by atoms with Crippen LogP contribution in [0.4, 0.5) is 13.2 Å². The first-order valence-electron chi connectivity index (χ1n) is 10.9. The van der Waals surface area contributed by atoms with Gasteiger partial charge in [-0.15, -0.1) is 5.01 Å². The van der Waals surface area contributed by atoms with Crippen LogP contribution in [0.5, 0.6) is 5.75 Å². The summed E-state index contributed by atoms with van der Waals surface area (Å²) >= 11 is 6.30. The zero-order chi connectivity index (χ0) is 26.8. The fourth-order valence-electron chi connectivity index (χ4n) is 3.77. The molecule has 0 bridgehead atoms. The number of hydrogen-bond acceptors (Lipinski definition) is 7. The number of halogens is 4. The van der Waals surface area contributed by atoms with E-state index in [0.717, 1.165) is 6.08 Å². The smallest absolute Gasteiger partial charge is 0.430 e. The molecule has 0 radical (unpaired) electrons. The van der Waals surface area contributed by atoms with Crippen molar-refractivity contribution >= 4 is 29.6 Å². The zero-order valence-corrected chi connectivity index (χ0v) is 20.4. The van der Waals surface area contributed by atoms with E-state index in [1.807, 2.05) is 20.8 Å². The van der Waals surface area contributed by atoms with Crippen molar-refractivity contribution in [3.8, 4) is 5.75 Å². The SMILES string of the molecule is CC(C)(C)c1cc2c(cc1Cl)C=C(C(=O)OCO/N=[N+](\[O-])N1CCC(C(=O)O)CC1)[C@@H](C(F)(F)F)O2. The molecule has 2 aliphatic rings. The van der Waals surface area contributed by atoms with Crippen LogP contribution in [0.2, 0.25) is 5.02 Å². The van der Waals surface area contributed by atoms with Crippen molar-refractivity contribution < 1.29 is 47.1 Å². The van der Waals surface area contributed by atoms with Crippen LogP contribution in [-0.2, 0) is 24.6 Å². The molecule has 1 aromatic carbocycles. The zero-order valence-electron chi connectivity index (χ0n) is 19.7. The first-order valence-corrected chi connectivity index (χ1v) is 11.3. The van der Waals surface area contributed by atoms with E-state index in [0.29, 0.717) is 10.6 Å². The number of carbonyl (C=O) groups excluding carboxylic acids is 1. The van der Waals surface area contributed by atoms with E-state index in [4.69, 9.17) is 26.2 Å². The van der Waals surface area contributed by atoms with E-state index in [9.17, 15) is 28.0 Å². The number of alkyl halides is 3. The number of aliphatic carboxylic acids is 1. The highest BCUT2D eigenvalue weighted by Gasteiger charge is 2.49. The van der Waals surface area contributed by atoms with Gasteiger partial charge in [-0.2, -0.15) is 13.2 Å². The lowest BCUT2D eigenvalue weighted by Crippen LogP contribution is -2.41. The third-order valence-corrected chi connectivity index (χ3v) is 6.02. The number of piperidine rings is 1. The number of nitrogens with zero attached hydrogens (tertiary/aromatic N) is 3. The number of esters is 1. The summed E-state index contributed by atoms with van der Waals surface area (Å²) in [6.45, 7) is 4.81. The standard InChI is InChI=1S/C22H25ClF3N3O7/c1-21(2,3)15-10-17-13(9-16(15)23)8-14(18(36-17)22(24,25)26)20(32)34-11-35-27-29(33)28-6-4-12(5-7-28)19(30)31/h8-10,12,18H,4-7,11H2,1-3H3,(H,30,31)/b29-27-/t18-/m0/s1. The summed E-state index contributed by atoms with van der Waals surface area (Å²) in [5.41, 5.74) is -0.545. The molecule has 0 amide bonds. The van der Waals surface area contributed by atoms with E-state index in [-0.39, 0.29) is 42.2 Å². The van der Waals surface area contributed by atoms with Crippen LogP contribution in [0.25, 0.3) is 6.08 Å². The van der Waals surface area contributed by atoms with Crippen molar-refractivity contribution in [2.24, 2.45) is 11.2 Å². The molecule has 0 aliphatic carbocycles. The minimum Gasteiger partial charge on any atom is -0.569 e. The summed E-state index contributed by atoms with van der Waals surface area (Å²) in [4.78, 5) is 28.1. The lowest BCUT2D eigenvalue weighted by Gasteiger charge is -2.30. The van der Waals surface area contributed by atoms with Crippen molar-refractivity contribution in [2.75, 3.05) is 19.9 Å². The predicted octanol–water partition coefficient (Wildman–Crippen LogP) is 4.45. The molecular weight excluding hydrogens is 511 g/mol. The molecule has 0 spiro atoms. The van der Waals surface area contributed by atoms with Crippen LogP contribution < -0.4 is 4.74 Å². The van der Waals surface area contributed by atoms with E-state index >= 15 is 0 Å². The maximum absolute atomic E-state index is 13.7. The quantitative estimate of drug-likeness (QED) is 0.141. The van der Waals surface area contributed by atoms with E-state index in [1.165, 1.54) is 17.1 Å². The normalized spacial score (nSPS) is 19.2. The summed E-state index contributed by atoms with van der Waals surface area (Å²) in [6, 6.07) is 2.82. The molecule has 10 nitrogen and oxygen atoms in total. The van der Waals surface area contributed by atoms with Crippen molar-refractivity contribution in [1.29, 1.82) is 0 Å². The van der Waals surface area contributed by atoms with Crippen LogP contribution >= 0.6 is 11.6 Å². The highest BCUT2D eigenvalue weighted by molar-refractivity contribution is 6.31. The second-order valence-corrected chi connectivity index (χ2v) is 9.75. The van der Waals surface area contributed by atoms with E-state index in [1.54, 1.807) is 0 Å². The van der Waals surface area contributed by atoms with E-state index < -0.39 is 47.9 Å². The Hall–Kier alpha value is -3.22. The second-order valence-electron chi connectivity index (χ2n) is 9.34. The van der Waals surface area contributed by atoms with Crippen LogP contribution in [0.3, 0.4) is 0 Å². The highest BCUT2D eigenvalue weighted by atomic mass is 35.5. The highest BCUT2D eigenvalue weighted by Crippen LogP contribution is 2.42. The number of benzene rings is 1. The number of rotatable bonds is 6. The Kier molecular flexibility index (Phi) is 7.91. The van der Waals surface area contributed by atoms with Crippen LogP contribution in [0.15, 0.2) is 23.0 Å². The van der Waals surface area contributed by atoms with Crippen molar-refractivity contribution in [3.63, 3.8) is 0 Å². The fraction of sp³-hybridized carbons (Fsp3) is 0.545. The molecule has 2 aliphatic heterocycles. The number of carboxylic acids is 1. The van der Waals surface area contributed by atoms with Gasteiger partial charge in [0.25, 0.3) is 6.79 Å². The van der Waals surface area contributed by atoms with Gasteiger partial charge in [0, 0.05) is 10.6 Å². The van der Waals surface area contributed by atoms with E-state index in [2.05, 4.69) is 10.1 Å². The summed E-state index contributed by atoms with van der Waals surface area (Å²) in [5, 5.41) is 25.6. The minimum atomic E-state index is -4.93. The molecule has 14 heteroatoms. The molecule has 1 N–H and O–H groups in total. The van der Waals surface area contributed by atoms with Gasteiger partial charge >= 0.3 is 18.1 Å². The number of ether oxygens (including phenoxy) is 2. The number of hydrogen-bond donors (Lipinski definition) is 1. The summed E-state index contributed by atoms with van der Waals surface area (Å²) in [6.07, 6.45) is -6.07. The first-order chi connectivity index (χ1) is 16.7. The maximum Gasteiger partial charge on any atom is 0.430 e. The molecule has 0 aromatic heterocycles. The number of carboxylic acid groups (broad SMARTS) is 1. The summed E-state index contributed by atoms with van der Waals surface area (Å²) in [7, 11) is 0. The average Bonchev–Trinajstić information content (AvgIpc) is 2.79. The van der Waals surface area contributed by atoms with Gasteiger partial charge in [0.15, 0.2) is 0 Å². The van der Waals surface area contributed by atoms with Crippen molar-refractivity contribution in [3.05, 3.63) is 39.1 Å². The van der Waals surface area contributed by atoms with Gasteiger partial charge < -0.3 is 24.6 Å². The summed E-state index contributed by atoms with van der Waals surface area (Å²) in [5.74, 6) is -2.98. The van der Waals surface area contributed by atoms with Crippen molar-refractivity contribution in [2.45, 2.75) is 51.3 Å². The second kappa shape index (κ2) is 10.4. The van der Waals surface area contributed by atoms with Crippen molar-refractivity contribution in [1.82, 2.24) is 5.01 Å². The molecule has 1 saturated heterocycles. The molecule has 2 heterocycles.